The molecule has 0 saturated carbocycles. The molecular formula is C20H24N6. The summed E-state index contributed by atoms with van der Waals surface area (Å²) in [6.45, 7) is 4.02. The number of nitrogens with one attached hydrogen (secondary N) is 1. The molecule has 1 fully saturated rings. The maximum Gasteiger partial charge on any atom is 0.130 e. The highest BCUT2D eigenvalue weighted by molar-refractivity contribution is 5.55. The molecule has 1 aliphatic heterocycles. The number of aryl methyl sites for hydroxylation is 2. The van der Waals surface area contributed by atoms with Crippen LogP contribution in [0.2, 0.25) is 0 Å². The molecule has 0 spiro atoms. The van der Waals surface area contributed by atoms with Gasteiger partial charge in [-0.1, -0.05) is 6.07 Å². The first-order valence-corrected chi connectivity index (χ1v) is 9.05. The Balaban J connectivity index is 1.45. The molecule has 26 heavy (non-hydrogen) atoms. The molecule has 134 valence electrons. The molecule has 6 nitrogen and oxygen atoms in total. The van der Waals surface area contributed by atoms with Crippen LogP contribution in [0.15, 0.2) is 48.9 Å². The Morgan fingerprint density at radius 1 is 1.19 bits per heavy atom. The van der Waals surface area contributed by atoms with Gasteiger partial charge in [0, 0.05) is 31.0 Å². The normalized spacial score (nSPS) is 17.5. The predicted octanol–water partition coefficient (Wildman–Crippen LogP) is 3.60. The van der Waals surface area contributed by atoms with Crippen LogP contribution < -0.4 is 5.32 Å². The number of hydrogen-bond donors (Lipinski definition) is 1. The Hall–Kier alpha value is -2.73. The predicted molar refractivity (Wildman–Crippen MR) is 102 cm³/mol. The smallest absolute Gasteiger partial charge is 0.130 e. The monoisotopic (exact) mass is 348 g/mol. The van der Waals surface area contributed by atoms with Crippen molar-refractivity contribution in [3.63, 3.8) is 0 Å². The summed E-state index contributed by atoms with van der Waals surface area (Å²) in [6.07, 6.45) is 8.30. The van der Waals surface area contributed by atoms with Gasteiger partial charge in [0.05, 0.1) is 29.8 Å². The summed E-state index contributed by atoms with van der Waals surface area (Å²) in [6, 6.07) is 10.6. The van der Waals surface area contributed by atoms with Crippen molar-refractivity contribution in [3.8, 4) is 0 Å². The maximum atomic E-state index is 4.72. The van der Waals surface area contributed by atoms with Crippen LogP contribution in [0.1, 0.15) is 35.8 Å². The summed E-state index contributed by atoms with van der Waals surface area (Å²) in [5.74, 6) is 0.846. The zero-order valence-corrected chi connectivity index (χ0v) is 15.3. The van der Waals surface area contributed by atoms with E-state index < -0.39 is 0 Å². The fraction of sp³-hybridized carbons (Fsp3) is 0.350. The molecule has 3 aromatic rings. The van der Waals surface area contributed by atoms with Crippen LogP contribution in [0, 0.1) is 6.92 Å². The van der Waals surface area contributed by atoms with Crippen LogP contribution in [-0.4, -0.2) is 31.2 Å². The minimum absolute atomic E-state index is 0.376. The zero-order valence-electron chi connectivity index (χ0n) is 15.3. The summed E-state index contributed by atoms with van der Waals surface area (Å²) in [7, 11) is 1.96. The van der Waals surface area contributed by atoms with Gasteiger partial charge >= 0.3 is 0 Å². The Bertz CT molecular complexity index is 870. The van der Waals surface area contributed by atoms with Crippen LogP contribution in [0.25, 0.3) is 0 Å². The fourth-order valence-electron chi connectivity index (χ4n) is 3.58. The van der Waals surface area contributed by atoms with Crippen molar-refractivity contribution in [1.29, 1.82) is 0 Å². The highest BCUT2D eigenvalue weighted by Gasteiger charge is 2.27. The van der Waals surface area contributed by atoms with Crippen LogP contribution in [0.3, 0.4) is 0 Å². The number of aromatic nitrogens is 4. The molecule has 1 aliphatic rings. The molecule has 1 N–H and O–H groups in total. The fourth-order valence-corrected chi connectivity index (χ4v) is 3.58. The molecular weight excluding hydrogens is 324 g/mol. The van der Waals surface area contributed by atoms with Gasteiger partial charge in [0.15, 0.2) is 0 Å². The molecule has 4 heterocycles. The highest BCUT2D eigenvalue weighted by atomic mass is 15.2. The molecule has 6 heteroatoms. The van der Waals surface area contributed by atoms with E-state index in [1.165, 1.54) is 12.0 Å². The van der Waals surface area contributed by atoms with Crippen LogP contribution >= 0.6 is 0 Å². The van der Waals surface area contributed by atoms with Crippen molar-refractivity contribution in [2.75, 3.05) is 11.9 Å². The van der Waals surface area contributed by atoms with Gasteiger partial charge in [0.2, 0.25) is 0 Å². The van der Waals surface area contributed by atoms with Crippen molar-refractivity contribution >= 4 is 11.5 Å². The maximum absolute atomic E-state index is 4.72. The van der Waals surface area contributed by atoms with Crippen LogP contribution in [-0.2, 0) is 13.6 Å². The van der Waals surface area contributed by atoms with E-state index in [1.807, 2.05) is 49.2 Å². The lowest BCUT2D eigenvalue weighted by Crippen LogP contribution is -2.23. The van der Waals surface area contributed by atoms with Crippen LogP contribution in [0.4, 0.5) is 11.5 Å². The van der Waals surface area contributed by atoms with E-state index in [0.717, 1.165) is 42.4 Å². The Morgan fingerprint density at radius 2 is 2.12 bits per heavy atom. The molecule has 0 amide bonds. The minimum Gasteiger partial charge on any atom is -0.339 e. The minimum atomic E-state index is 0.376. The molecule has 4 rings (SSSR count). The standard InChI is InChI=1S/C20H24N6/c1-15-5-3-7-20(23-15)24-17-8-9-18(21-12-17)19-6-4-10-26(19)14-16-11-22-25(2)13-16/h3,5,7-9,11-13,19H,4,6,10,14H2,1-2H3,(H,23,24)/t19-/m0/s1. The van der Waals surface area contributed by atoms with Crippen molar-refractivity contribution in [2.24, 2.45) is 7.05 Å². The number of pyridine rings is 2. The van der Waals surface area contributed by atoms with E-state index >= 15 is 0 Å². The molecule has 0 unspecified atom stereocenters. The van der Waals surface area contributed by atoms with Gasteiger partial charge in [-0.2, -0.15) is 5.10 Å². The average Bonchev–Trinajstić information content (AvgIpc) is 3.25. The summed E-state index contributed by atoms with van der Waals surface area (Å²) in [4.78, 5) is 11.7. The Kier molecular flexibility index (Phi) is 4.67. The lowest BCUT2D eigenvalue weighted by Gasteiger charge is -2.23. The first-order valence-electron chi connectivity index (χ1n) is 9.05. The van der Waals surface area contributed by atoms with Crippen molar-refractivity contribution in [3.05, 3.63) is 65.9 Å². The Morgan fingerprint density at radius 3 is 2.85 bits per heavy atom. The topological polar surface area (TPSA) is 58.9 Å². The third kappa shape index (κ3) is 3.75. The van der Waals surface area contributed by atoms with Crippen LogP contribution in [0.5, 0.6) is 0 Å². The van der Waals surface area contributed by atoms with Gasteiger partial charge in [-0.25, -0.2) is 4.98 Å². The second-order valence-corrected chi connectivity index (χ2v) is 6.91. The Labute approximate surface area is 153 Å². The lowest BCUT2D eigenvalue weighted by molar-refractivity contribution is 0.244. The van der Waals surface area contributed by atoms with Crippen molar-refractivity contribution in [2.45, 2.75) is 32.4 Å². The molecule has 3 aromatic heterocycles. The average molecular weight is 348 g/mol. The molecule has 0 radical (unpaired) electrons. The molecule has 1 saturated heterocycles. The molecule has 0 aliphatic carbocycles. The van der Waals surface area contributed by atoms with Gasteiger partial charge in [0.1, 0.15) is 5.82 Å². The second kappa shape index (κ2) is 7.25. The first-order chi connectivity index (χ1) is 12.7. The number of rotatable bonds is 5. The highest BCUT2D eigenvalue weighted by Crippen LogP contribution is 2.32. The lowest BCUT2D eigenvalue weighted by atomic mass is 10.1. The molecule has 1 atom stereocenters. The third-order valence-electron chi connectivity index (χ3n) is 4.80. The largest absolute Gasteiger partial charge is 0.339 e. The van der Waals surface area contributed by atoms with Gasteiger partial charge < -0.3 is 5.32 Å². The van der Waals surface area contributed by atoms with E-state index in [1.54, 1.807) is 0 Å². The van der Waals surface area contributed by atoms with Gasteiger partial charge in [-0.15, -0.1) is 0 Å². The SMILES string of the molecule is Cc1cccc(Nc2ccc([C@@H]3CCCN3Cc3cnn(C)c3)nc2)n1. The summed E-state index contributed by atoms with van der Waals surface area (Å²) >= 11 is 0. The zero-order chi connectivity index (χ0) is 17.9. The van der Waals surface area contributed by atoms with Crippen molar-refractivity contribution in [1.82, 2.24) is 24.6 Å². The summed E-state index contributed by atoms with van der Waals surface area (Å²) in [5.41, 5.74) is 4.34. The number of anilines is 2. The first kappa shape index (κ1) is 16.7. The van der Waals surface area contributed by atoms with E-state index in [9.17, 15) is 0 Å². The third-order valence-corrected chi connectivity index (χ3v) is 4.80. The summed E-state index contributed by atoms with van der Waals surface area (Å²) in [5, 5.41) is 7.59. The number of likely N-dealkylation sites (tertiary alicyclic amines) is 1. The van der Waals surface area contributed by atoms with E-state index in [4.69, 9.17) is 4.98 Å². The quantitative estimate of drug-likeness (QED) is 0.763. The van der Waals surface area contributed by atoms with Gasteiger partial charge in [-0.05, 0) is 50.6 Å². The number of nitrogens with zero attached hydrogens (tertiary/aromatic N) is 5. The number of hydrogen-bond acceptors (Lipinski definition) is 5. The van der Waals surface area contributed by atoms with Gasteiger partial charge in [0.25, 0.3) is 0 Å². The second-order valence-electron chi connectivity index (χ2n) is 6.91. The van der Waals surface area contributed by atoms with E-state index in [-0.39, 0.29) is 0 Å². The van der Waals surface area contributed by atoms with Crippen molar-refractivity contribution < 1.29 is 0 Å². The van der Waals surface area contributed by atoms with Gasteiger partial charge in [-0.3, -0.25) is 14.6 Å². The summed E-state index contributed by atoms with van der Waals surface area (Å²) < 4.78 is 1.86. The molecule has 0 bridgehead atoms. The molecule has 0 aromatic carbocycles. The van der Waals surface area contributed by atoms with E-state index in [2.05, 4.69) is 38.6 Å². The van der Waals surface area contributed by atoms with E-state index in [0.29, 0.717) is 6.04 Å².